The zero-order valence-corrected chi connectivity index (χ0v) is 16.6. The van der Waals surface area contributed by atoms with Gasteiger partial charge in [0.15, 0.2) is 0 Å². The zero-order valence-electron chi connectivity index (χ0n) is 16.6. The fourth-order valence-electron chi connectivity index (χ4n) is 7.97. The molecule has 4 aliphatic carbocycles. The maximum Gasteiger partial charge on any atom is 0.306 e. The first-order valence-electron chi connectivity index (χ1n) is 11.0. The van der Waals surface area contributed by atoms with Crippen LogP contribution in [0.2, 0.25) is 0 Å². The fraction of sp³-hybridized carbons (Fsp3) is 0.542. The molecule has 0 radical (unpaired) electrons. The summed E-state index contributed by atoms with van der Waals surface area (Å²) in [5.41, 5.74) is 5.53. The number of para-hydroxylation sites is 1. The van der Waals surface area contributed by atoms with Crippen molar-refractivity contribution in [3.63, 3.8) is 0 Å². The molecule has 4 bridgehead atoms. The highest BCUT2D eigenvalue weighted by Gasteiger charge is 2.66. The maximum absolute atomic E-state index is 5.75. The van der Waals surface area contributed by atoms with E-state index < -0.39 is 0 Å². The van der Waals surface area contributed by atoms with Gasteiger partial charge in [0.05, 0.1) is 23.0 Å². The Morgan fingerprint density at radius 1 is 1.04 bits per heavy atom. The highest BCUT2D eigenvalue weighted by molar-refractivity contribution is 5.64. The summed E-state index contributed by atoms with van der Waals surface area (Å²) in [6.45, 7) is 4.63. The van der Waals surface area contributed by atoms with Gasteiger partial charge in [-0.3, -0.25) is 4.40 Å². The Labute approximate surface area is 165 Å². The standard InChI is InChI=1S/C24H27N3O/c1-14-5-3-4-6-20(14)27-15(2)21-22(26-7-8-28-23(26)25-21)24(27)18-10-16-9-17(12-18)13-19(24)11-16/h3-8,15-19H,9-13H2,1-2H3. The van der Waals surface area contributed by atoms with E-state index >= 15 is 0 Å². The minimum Gasteiger partial charge on any atom is -0.432 e. The molecular formula is C24H27N3O. The van der Waals surface area contributed by atoms with Crippen LogP contribution >= 0.6 is 0 Å². The minimum atomic E-state index is 0.0670. The number of hydrogen-bond donors (Lipinski definition) is 0. The summed E-state index contributed by atoms with van der Waals surface area (Å²) in [5, 5.41) is 0. The number of nitrogens with zero attached hydrogens (tertiary/aromatic N) is 3. The molecule has 8 rings (SSSR count). The molecule has 4 nitrogen and oxygen atoms in total. The number of hydrogen-bond acceptors (Lipinski definition) is 3. The van der Waals surface area contributed by atoms with Crippen molar-refractivity contribution in [2.24, 2.45) is 23.7 Å². The third-order valence-corrected chi connectivity index (χ3v) is 8.61. The van der Waals surface area contributed by atoms with Crippen molar-refractivity contribution in [1.29, 1.82) is 0 Å². The number of imidazole rings is 1. The third-order valence-electron chi connectivity index (χ3n) is 8.61. The molecule has 0 amide bonds. The molecule has 28 heavy (non-hydrogen) atoms. The van der Waals surface area contributed by atoms with Crippen molar-refractivity contribution in [2.75, 3.05) is 4.90 Å². The van der Waals surface area contributed by atoms with E-state index in [2.05, 4.69) is 53.6 Å². The number of benzene rings is 1. The summed E-state index contributed by atoms with van der Waals surface area (Å²) < 4.78 is 8.03. The van der Waals surface area contributed by atoms with Gasteiger partial charge in [-0.05, 0) is 81.3 Å². The molecule has 4 heteroatoms. The topological polar surface area (TPSA) is 33.7 Å². The molecule has 144 valence electrons. The second-order valence-electron chi connectivity index (χ2n) is 9.86. The van der Waals surface area contributed by atoms with Gasteiger partial charge in [0, 0.05) is 11.9 Å². The van der Waals surface area contributed by atoms with Crippen molar-refractivity contribution in [3.8, 4) is 0 Å². The monoisotopic (exact) mass is 373 g/mol. The van der Waals surface area contributed by atoms with Gasteiger partial charge < -0.3 is 9.32 Å². The molecule has 3 heterocycles. The molecule has 2 aromatic heterocycles. The van der Waals surface area contributed by atoms with Gasteiger partial charge in [-0.15, -0.1) is 0 Å². The SMILES string of the molecule is Cc1ccccc1N1C(C)c2nc3occn3c2C12C1CC3CC(C1)CC2C3. The molecule has 0 N–H and O–H groups in total. The number of aromatic nitrogens is 2. The molecule has 4 saturated carbocycles. The van der Waals surface area contributed by atoms with Crippen LogP contribution in [0.4, 0.5) is 5.69 Å². The van der Waals surface area contributed by atoms with Gasteiger partial charge in [0.25, 0.3) is 0 Å². The number of rotatable bonds is 1. The molecule has 5 aliphatic rings. The molecule has 1 aromatic carbocycles. The van der Waals surface area contributed by atoms with E-state index in [0.29, 0.717) is 0 Å². The first-order valence-corrected chi connectivity index (χ1v) is 11.0. The van der Waals surface area contributed by atoms with Crippen molar-refractivity contribution in [2.45, 2.75) is 57.5 Å². The number of fused-ring (bicyclic) bond motifs is 3. The van der Waals surface area contributed by atoms with Crippen LogP contribution in [0.3, 0.4) is 0 Å². The lowest BCUT2D eigenvalue weighted by Gasteiger charge is -2.63. The van der Waals surface area contributed by atoms with Gasteiger partial charge in [0.2, 0.25) is 0 Å². The Bertz CT molecular complexity index is 1060. The van der Waals surface area contributed by atoms with Crippen molar-refractivity contribution in [3.05, 3.63) is 53.7 Å². The first kappa shape index (κ1) is 15.7. The Morgan fingerprint density at radius 2 is 1.75 bits per heavy atom. The molecule has 1 spiro atoms. The van der Waals surface area contributed by atoms with E-state index in [1.165, 1.54) is 54.7 Å². The zero-order chi connectivity index (χ0) is 18.6. The summed E-state index contributed by atoms with van der Waals surface area (Å²) in [6.07, 6.45) is 10.9. The lowest BCUT2D eigenvalue weighted by atomic mass is 9.47. The fourth-order valence-corrected chi connectivity index (χ4v) is 7.97. The van der Waals surface area contributed by atoms with Gasteiger partial charge in [-0.2, -0.15) is 4.98 Å². The Morgan fingerprint density at radius 3 is 2.46 bits per heavy atom. The smallest absolute Gasteiger partial charge is 0.306 e. The van der Waals surface area contributed by atoms with E-state index in [9.17, 15) is 0 Å². The van der Waals surface area contributed by atoms with Crippen molar-refractivity contribution in [1.82, 2.24) is 9.38 Å². The molecule has 0 saturated heterocycles. The lowest BCUT2D eigenvalue weighted by molar-refractivity contribution is -0.0623. The Kier molecular flexibility index (Phi) is 2.81. The van der Waals surface area contributed by atoms with E-state index in [1.54, 1.807) is 6.26 Å². The quantitative estimate of drug-likeness (QED) is 0.567. The van der Waals surface area contributed by atoms with Gasteiger partial charge in [0.1, 0.15) is 6.26 Å². The molecule has 1 atom stereocenters. The Hall–Kier alpha value is -2.23. The van der Waals surface area contributed by atoms with E-state index in [-0.39, 0.29) is 11.6 Å². The highest BCUT2D eigenvalue weighted by Crippen LogP contribution is 2.68. The summed E-state index contributed by atoms with van der Waals surface area (Å²) in [6, 6.07) is 9.25. The number of oxazole rings is 1. The summed E-state index contributed by atoms with van der Waals surface area (Å²) >= 11 is 0. The Balaban J connectivity index is 1.55. The van der Waals surface area contributed by atoms with Crippen LogP contribution in [0.25, 0.3) is 5.84 Å². The van der Waals surface area contributed by atoms with Crippen LogP contribution in [0, 0.1) is 30.6 Å². The first-order chi connectivity index (χ1) is 13.7. The van der Waals surface area contributed by atoms with E-state index in [4.69, 9.17) is 9.40 Å². The number of anilines is 1. The average molecular weight is 374 g/mol. The van der Waals surface area contributed by atoms with Crippen LogP contribution in [-0.4, -0.2) is 9.38 Å². The van der Waals surface area contributed by atoms with Gasteiger partial charge >= 0.3 is 5.84 Å². The van der Waals surface area contributed by atoms with Crippen molar-refractivity contribution >= 4 is 11.5 Å². The van der Waals surface area contributed by atoms with Crippen LogP contribution in [-0.2, 0) is 5.54 Å². The average Bonchev–Trinajstić information content (AvgIpc) is 3.32. The van der Waals surface area contributed by atoms with E-state index in [0.717, 1.165) is 29.5 Å². The molecule has 1 unspecified atom stereocenters. The third kappa shape index (κ3) is 1.64. The summed E-state index contributed by atoms with van der Waals surface area (Å²) in [5.74, 6) is 4.11. The van der Waals surface area contributed by atoms with Crippen LogP contribution in [0.15, 0.2) is 41.1 Å². The van der Waals surface area contributed by atoms with E-state index in [1.807, 2.05) is 0 Å². The maximum atomic E-state index is 5.75. The van der Waals surface area contributed by atoms with Gasteiger partial charge in [-0.25, -0.2) is 0 Å². The molecule has 3 aromatic rings. The van der Waals surface area contributed by atoms with Crippen LogP contribution < -0.4 is 4.90 Å². The molecule has 1 aliphatic heterocycles. The van der Waals surface area contributed by atoms with Crippen LogP contribution in [0.5, 0.6) is 0 Å². The predicted octanol–water partition coefficient (Wildman–Crippen LogP) is 5.47. The summed E-state index contributed by atoms with van der Waals surface area (Å²) in [4.78, 5) is 7.80. The molecular weight excluding hydrogens is 346 g/mol. The lowest BCUT2D eigenvalue weighted by Crippen LogP contribution is -2.62. The second kappa shape index (κ2) is 5.03. The number of aryl methyl sites for hydroxylation is 1. The highest BCUT2D eigenvalue weighted by atomic mass is 16.3. The second-order valence-corrected chi connectivity index (χ2v) is 9.86. The van der Waals surface area contributed by atoms with Crippen LogP contribution in [0.1, 0.15) is 62.0 Å². The van der Waals surface area contributed by atoms with Crippen molar-refractivity contribution < 1.29 is 4.42 Å². The normalized spacial score (nSPS) is 38.1. The summed E-state index contributed by atoms with van der Waals surface area (Å²) in [7, 11) is 0. The predicted molar refractivity (Wildman–Crippen MR) is 108 cm³/mol. The van der Waals surface area contributed by atoms with Gasteiger partial charge in [-0.1, -0.05) is 18.2 Å². The molecule has 4 fully saturated rings. The largest absolute Gasteiger partial charge is 0.432 e. The minimum absolute atomic E-state index is 0.0670.